The van der Waals surface area contributed by atoms with Gasteiger partial charge in [0.25, 0.3) is 0 Å². The fraction of sp³-hybridized carbons (Fsp3) is 0.571. The van der Waals surface area contributed by atoms with Crippen molar-refractivity contribution in [3.63, 3.8) is 0 Å². The lowest BCUT2D eigenvalue weighted by Crippen LogP contribution is -2.36. The molecule has 0 amide bonds. The molecule has 0 heterocycles. The van der Waals surface area contributed by atoms with Crippen LogP contribution in [-0.4, -0.2) is 31.6 Å². The van der Waals surface area contributed by atoms with Gasteiger partial charge in [0.05, 0.1) is 6.61 Å². The van der Waals surface area contributed by atoms with E-state index < -0.39 is 25.0 Å². The summed E-state index contributed by atoms with van der Waals surface area (Å²) in [4.78, 5) is 0. The van der Waals surface area contributed by atoms with E-state index in [4.69, 9.17) is 5.73 Å². The Hall–Kier alpha value is -1.14. The van der Waals surface area contributed by atoms with Gasteiger partial charge in [0.1, 0.15) is 6.61 Å². The van der Waals surface area contributed by atoms with Crippen LogP contribution in [0.1, 0.15) is 23.5 Å². The van der Waals surface area contributed by atoms with Crippen LogP contribution in [0.5, 0.6) is 0 Å². The standard InChI is InChI=1S/C14H17F4NO/c15-13(16)14(17,18)8-20-7-11(19)6-10-5-9-3-1-2-4-12(9)10/h1-4,10-11,13H,5-8,19H2. The van der Waals surface area contributed by atoms with Crippen LogP contribution in [-0.2, 0) is 11.2 Å². The average molecular weight is 291 g/mol. The van der Waals surface area contributed by atoms with E-state index in [0.29, 0.717) is 12.3 Å². The molecule has 0 fully saturated rings. The third kappa shape index (κ3) is 3.49. The van der Waals surface area contributed by atoms with Gasteiger partial charge >= 0.3 is 12.3 Å². The molecule has 0 saturated carbocycles. The summed E-state index contributed by atoms with van der Waals surface area (Å²) in [5, 5.41) is 0. The fourth-order valence-corrected chi connectivity index (χ4v) is 2.42. The number of rotatable bonds is 7. The van der Waals surface area contributed by atoms with E-state index in [1.54, 1.807) is 0 Å². The van der Waals surface area contributed by atoms with E-state index >= 15 is 0 Å². The molecular formula is C14H17F4NO. The zero-order valence-electron chi connectivity index (χ0n) is 10.9. The highest BCUT2D eigenvalue weighted by Gasteiger charge is 2.41. The smallest absolute Gasteiger partial charge is 0.330 e. The molecule has 2 atom stereocenters. The predicted molar refractivity (Wildman–Crippen MR) is 67.2 cm³/mol. The van der Waals surface area contributed by atoms with Crippen LogP contribution in [0.4, 0.5) is 17.6 Å². The van der Waals surface area contributed by atoms with Crippen molar-refractivity contribution < 1.29 is 22.3 Å². The van der Waals surface area contributed by atoms with Crippen molar-refractivity contribution in [2.45, 2.75) is 37.1 Å². The van der Waals surface area contributed by atoms with Gasteiger partial charge in [-0.05, 0) is 29.9 Å². The van der Waals surface area contributed by atoms with Crippen LogP contribution in [0.25, 0.3) is 0 Å². The Morgan fingerprint density at radius 3 is 2.65 bits per heavy atom. The van der Waals surface area contributed by atoms with Crippen molar-refractivity contribution in [1.82, 2.24) is 0 Å². The first-order valence-corrected chi connectivity index (χ1v) is 6.47. The third-order valence-corrected chi connectivity index (χ3v) is 3.49. The summed E-state index contributed by atoms with van der Waals surface area (Å²) in [5.41, 5.74) is 8.29. The molecule has 1 aromatic carbocycles. The molecule has 2 unspecified atom stereocenters. The van der Waals surface area contributed by atoms with Gasteiger partial charge in [-0.3, -0.25) is 0 Å². The number of benzene rings is 1. The van der Waals surface area contributed by atoms with Gasteiger partial charge in [0.2, 0.25) is 0 Å². The second kappa shape index (κ2) is 6.10. The molecule has 0 radical (unpaired) electrons. The first-order valence-electron chi connectivity index (χ1n) is 6.47. The Morgan fingerprint density at radius 2 is 2.00 bits per heavy atom. The third-order valence-electron chi connectivity index (χ3n) is 3.49. The zero-order valence-corrected chi connectivity index (χ0v) is 10.9. The number of alkyl halides is 4. The summed E-state index contributed by atoms with van der Waals surface area (Å²) in [7, 11) is 0. The summed E-state index contributed by atoms with van der Waals surface area (Å²) in [6.07, 6.45) is -2.19. The molecule has 0 spiro atoms. The van der Waals surface area contributed by atoms with E-state index in [2.05, 4.69) is 4.74 Å². The molecule has 20 heavy (non-hydrogen) atoms. The molecule has 2 rings (SSSR count). The number of halogens is 4. The predicted octanol–water partition coefficient (Wildman–Crippen LogP) is 2.96. The normalized spacial score (nSPS) is 19.6. The first-order chi connectivity index (χ1) is 9.40. The minimum atomic E-state index is -4.11. The molecule has 1 aliphatic carbocycles. The number of hydrogen-bond donors (Lipinski definition) is 1. The van der Waals surface area contributed by atoms with E-state index in [0.717, 1.165) is 6.42 Å². The van der Waals surface area contributed by atoms with Crippen LogP contribution in [0.3, 0.4) is 0 Å². The molecular weight excluding hydrogens is 274 g/mol. The molecule has 0 bridgehead atoms. The van der Waals surface area contributed by atoms with Gasteiger partial charge in [0.15, 0.2) is 0 Å². The summed E-state index contributed by atoms with van der Waals surface area (Å²) in [5.74, 6) is -3.80. The SMILES string of the molecule is NC(COCC(F)(F)C(F)F)CC1Cc2ccccc21. The second-order valence-corrected chi connectivity index (χ2v) is 5.17. The van der Waals surface area contributed by atoms with E-state index in [1.165, 1.54) is 11.1 Å². The first kappa shape index (κ1) is 15.3. The van der Waals surface area contributed by atoms with E-state index in [1.807, 2.05) is 24.3 Å². The highest BCUT2D eigenvalue weighted by molar-refractivity contribution is 5.39. The molecule has 6 heteroatoms. The van der Waals surface area contributed by atoms with E-state index in [-0.39, 0.29) is 6.61 Å². The monoisotopic (exact) mass is 291 g/mol. The molecule has 2 N–H and O–H groups in total. The van der Waals surface area contributed by atoms with Crippen LogP contribution in [0.15, 0.2) is 24.3 Å². The molecule has 1 aliphatic rings. The maximum atomic E-state index is 12.6. The summed E-state index contributed by atoms with van der Waals surface area (Å²) in [6, 6.07) is 7.53. The Morgan fingerprint density at radius 1 is 1.30 bits per heavy atom. The van der Waals surface area contributed by atoms with Crippen molar-refractivity contribution in [2.75, 3.05) is 13.2 Å². The number of nitrogens with two attached hydrogens (primary N) is 1. The molecule has 0 aliphatic heterocycles. The lowest BCUT2D eigenvalue weighted by molar-refractivity contribution is -0.166. The molecule has 0 saturated heterocycles. The van der Waals surface area contributed by atoms with Gasteiger partial charge in [-0.15, -0.1) is 0 Å². The molecule has 1 aromatic rings. The van der Waals surface area contributed by atoms with Crippen molar-refractivity contribution in [1.29, 1.82) is 0 Å². The number of fused-ring (bicyclic) bond motifs is 1. The van der Waals surface area contributed by atoms with Gasteiger partial charge in [-0.1, -0.05) is 24.3 Å². The van der Waals surface area contributed by atoms with Crippen molar-refractivity contribution in [2.24, 2.45) is 5.73 Å². The van der Waals surface area contributed by atoms with Gasteiger partial charge < -0.3 is 10.5 Å². The second-order valence-electron chi connectivity index (χ2n) is 5.17. The maximum Gasteiger partial charge on any atom is 0.330 e. The highest BCUT2D eigenvalue weighted by atomic mass is 19.3. The topological polar surface area (TPSA) is 35.2 Å². The molecule has 0 aromatic heterocycles. The van der Waals surface area contributed by atoms with Crippen LogP contribution in [0.2, 0.25) is 0 Å². The number of ether oxygens (including phenoxy) is 1. The highest BCUT2D eigenvalue weighted by Crippen LogP contribution is 2.37. The number of hydrogen-bond acceptors (Lipinski definition) is 2. The summed E-state index contributed by atoms with van der Waals surface area (Å²) < 4.78 is 53.7. The lowest BCUT2D eigenvalue weighted by Gasteiger charge is -2.32. The van der Waals surface area contributed by atoms with Gasteiger partial charge in [-0.2, -0.15) is 8.78 Å². The van der Waals surface area contributed by atoms with Crippen LogP contribution >= 0.6 is 0 Å². The Kier molecular flexibility index (Phi) is 4.65. The largest absolute Gasteiger partial charge is 0.373 e. The lowest BCUT2D eigenvalue weighted by atomic mass is 9.74. The van der Waals surface area contributed by atoms with Crippen LogP contribution < -0.4 is 5.73 Å². The van der Waals surface area contributed by atoms with E-state index in [9.17, 15) is 17.6 Å². The fourth-order valence-electron chi connectivity index (χ4n) is 2.42. The zero-order chi connectivity index (χ0) is 14.8. The van der Waals surface area contributed by atoms with Crippen molar-refractivity contribution >= 4 is 0 Å². The maximum absolute atomic E-state index is 12.6. The minimum Gasteiger partial charge on any atom is -0.373 e. The average Bonchev–Trinajstić information content (AvgIpc) is 2.35. The van der Waals surface area contributed by atoms with Gasteiger partial charge in [-0.25, -0.2) is 8.78 Å². The Labute approximate surface area is 114 Å². The van der Waals surface area contributed by atoms with Gasteiger partial charge in [0, 0.05) is 6.04 Å². The Bertz CT molecular complexity index is 453. The molecule has 2 nitrogen and oxygen atoms in total. The quantitative estimate of drug-likeness (QED) is 0.784. The summed E-state index contributed by atoms with van der Waals surface area (Å²) in [6.45, 7) is -1.43. The Balaban J connectivity index is 1.71. The minimum absolute atomic E-state index is 0.138. The van der Waals surface area contributed by atoms with Crippen molar-refractivity contribution in [3.8, 4) is 0 Å². The molecule has 112 valence electrons. The van der Waals surface area contributed by atoms with Crippen LogP contribution in [0, 0.1) is 0 Å². The van der Waals surface area contributed by atoms with Crippen molar-refractivity contribution in [3.05, 3.63) is 35.4 Å². The summed E-state index contributed by atoms with van der Waals surface area (Å²) >= 11 is 0.